The van der Waals surface area contributed by atoms with Crippen LogP contribution in [0.5, 0.6) is 5.75 Å². The number of ketones is 1. The zero-order valence-electron chi connectivity index (χ0n) is 20.4. The van der Waals surface area contributed by atoms with E-state index in [-0.39, 0.29) is 29.7 Å². The summed E-state index contributed by atoms with van der Waals surface area (Å²) in [5.41, 5.74) is 1.30. The molecule has 184 valence electrons. The number of carbonyl (C=O) groups excluding carboxylic acids is 1. The van der Waals surface area contributed by atoms with Crippen LogP contribution >= 0.6 is 11.6 Å². The number of ether oxygens (including phenoxy) is 1. The van der Waals surface area contributed by atoms with Crippen molar-refractivity contribution in [3.05, 3.63) is 45.8 Å². The first-order valence-electron chi connectivity index (χ1n) is 12.1. The molecule has 9 heteroatoms. The van der Waals surface area contributed by atoms with E-state index >= 15 is 0 Å². The van der Waals surface area contributed by atoms with Gasteiger partial charge in [-0.3, -0.25) is 9.59 Å². The smallest absolute Gasteiger partial charge is 0.293 e. The second kappa shape index (κ2) is 9.15. The molecule has 2 fully saturated rings. The molecule has 1 aromatic carbocycles. The Bertz CT molecular complexity index is 1340. The highest BCUT2D eigenvalue weighted by Gasteiger charge is 2.53. The van der Waals surface area contributed by atoms with Crippen molar-refractivity contribution >= 4 is 45.7 Å². The van der Waals surface area contributed by atoms with E-state index in [1.807, 2.05) is 32.0 Å². The number of nitrogens with one attached hydrogen (secondary N) is 1. The van der Waals surface area contributed by atoms with Gasteiger partial charge in [-0.25, -0.2) is 4.98 Å². The first-order chi connectivity index (χ1) is 16.8. The van der Waals surface area contributed by atoms with Gasteiger partial charge in [0.15, 0.2) is 17.4 Å². The highest BCUT2D eigenvalue weighted by Crippen LogP contribution is 2.51. The average molecular weight is 496 g/mol. The largest absolute Gasteiger partial charge is 0.480 e. The van der Waals surface area contributed by atoms with Crippen molar-refractivity contribution in [3.63, 3.8) is 0 Å². The van der Waals surface area contributed by atoms with E-state index in [4.69, 9.17) is 21.3 Å². The number of hydrogen-bond acceptors (Lipinski definition) is 7. The van der Waals surface area contributed by atoms with Crippen LogP contribution < -0.4 is 20.5 Å². The number of piperidine rings is 1. The molecule has 0 spiro atoms. The molecule has 0 amide bonds. The van der Waals surface area contributed by atoms with Crippen LogP contribution in [-0.4, -0.2) is 40.0 Å². The highest BCUT2D eigenvalue weighted by molar-refractivity contribution is 6.32. The van der Waals surface area contributed by atoms with Gasteiger partial charge in [0.05, 0.1) is 11.7 Å². The average Bonchev–Trinajstić information content (AvgIpc) is 3.22. The molecule has 0 radical (unpaired) electrons. The minimum Gasteiger partial charge on any atom is -0.480 e. The third kappa shape index (κ3) is 4.47. The zero-order valence-corrected chi connectivity index (χ0v) is 21.2. The second-order valence-electron chi connectivity index (χ2n) is 9.82. The van der Waals surface area contributed by atoms with E-state index in [2.05, 4.69) is 22.1 Å². The Labute approximate surface area is 209 Å². The Morgan fingerprint density at radius 1 is 1.26 bits per heavy atom. The molecule has 2 aromatic heterocycles. The van der Waals surface area contributed by atoms with Gasteiger partial charge in [-0.05, 0) is 55.9 Å². The molecule has 3 heterocycles. The van der Waals surface area contributed by atoms with Gasteiger partial charge in [0.25, 0.3) is 5.56 Å². The molecular formula is C26H30ClN5O3. The van der Waals surface area contributed by atoms with E-state index in [0.29, 0.717) is 23.2 Å². The number of fused-ring (bicyclic) bond motifs is 2. The van der Waals surface area contributed by atoms with Crippen LogP contribution in [0.25, 0.3) is 10.9 Å². The number of anilines is 3. The Morgan fingerprint density at radius 2 is 2.00 bits per heavy atom. The Morgan fingerprint density at radius 3 is 2.69 bits per heavy atom. The van der Waals surface area contributed by atoms with Crippen molar-refractivity contribution in [3.8, 4) is 5.75 Å². The molecule has 2 unspecified atom stereocenters. The highest BCUT2D eigenvalue weighted by atomic mass is 35.5. The van der Waals surface area contributed by atoms with Gasteiger partial charge < -0.3 is 19.5 Å². The molecular weight excluding hydrogens is 466 g/mol. The van der Waals surface area contributed by atoms with Gasteiger partial charge in [0.1, 0.15) is 11.6 Å². The lowest BCUT2D eigenvalue weighted by Gasteiger charge is -2.20. The number of Topliss-reactive ketones (excluding diaryl/α,β-unsaturated/α-hetero) is 1. The number of carbonyl (C=O) groups is 1. The van der Waals surface area contributed by atoms with Crippen LogP contribution in [0.3, 0.4) is 0 Å². The summed E-state index contributed by atoms with van der Waals surface area (Å²) in [6.45, 7) is 9.81. The summed E-state index contributed by atoms with van der Waals surface area (Å²) in [6.07, 6.45) is 1.99. The van der Waals surface area contributed by atoms with Gasteiger partial charge >= 0.3 is 0 Å². The summed E-state index contributed by atoms with van der Waals surface area (Å²) in [4.78, 5) is 36.2. The maximum absolute atomic E-state index is 13.0. The SMILES string of the molecule is CCC(=O)COc1cc2cc(Nc3nc(N4CC5C(C)C5C4)ncc3Cl)ccc2n(C(C)C)c1=O. The zero-order chi connectivity index (χ0) is 24.9. The van der Waals surface area contributed by atoms with Crippen molar-refractivity contribution in [2.45, 2.75) is 40.2 Å². The summed E-state index contributed by atoms with van der Waals surface area (Å²) in [5, 5.41) is 4.55. The molecule has 1 aliphatic heterocycles. The molecule has 1 saturated heterocycles. The van der Waals surface area contributed by atoms with Gasteiger partial charge in [-0.1, -0.05) is 25.4 Å². The summed E-state index contributed by atoms with van der Waals surface area (Å²) in [7, 11) is 0. The fraction of sp³-hybridized carbons (Fsp3) is 0.462. The monoisotopic (exact) mass is 495 g/mol. The number of nitrogens with zero attached hydrogens (tertiary/aromatic N) is 4. The summed E-state index contributed by atoms with van der Waals surface area (Å²) >= 11 is 6.43. The third-order valence-corrected chi connectivity index (χ3v) is 7.48. The molecule has 2 atom stereocenters. The van der Waals surface area contributed by atoms with Gasteiger partial charge in [-0.2, -0.15) is 4.98 Å². The molecule has 0 bridgehead atoms. The predicted molar refractivity (Wildman–Crippen MR) is 138 cm³/mol. The Balaban J connectivity index is 1.45. The predicted octanol–water partition coefficient (Wildman–Crippen LogP) is 4.83. The minimum atomic E-state index is -0.251. The lowest BCUT2D eigenvalue weighted by atomic mass is 10.1. The summed E-state index contributed by atoms with van der Waals surface area (Å²) in [5.74, 6) is 3.60. The maximum atomic E-state index is 13.0. The van der Waals surface area contributed by atoms with Gasteiger partial charge in [0, 0.05) is 36.6 Å². The van der Waals surface area contributed by atoms with Crippen LogP contribution in [-0.2, 0) is 4.79 Å². The lowest BCUT2D eigenvalue weighted by molar-refractivity contribution is -0.120. The lowest BCUT2D eigenvalue weighted by Crippen LogP contribution is -2.25. The van der Waals surface area contributed by atoms with Crippen LogP contribution in [0.15, 0.2) is 35.3 Å². The molecule has 1 aliphatic carbocycles. The maximum Gasteiger partial charge on any atom is 0.293 e. The fourth-order valence-electron chi connectivity index (χ4n) is 5.00. The first-order valence-corrected chi connectivity index (χ1v) is 12.5. The molecule has 1 N–H and O–H groups in total. The Hall–Kier alpha value is -3.13. The number of aromatic nitrogens is 3. The third-order valence-electron chi connectivity index (χ3n) is 7.20. The summed E-state index contributed by atoms with van der Waals surface area (Å²) < 4.78 is 7.29. The number of rotatable bonds is 8. The molecule has 3 aromatic rings. The van der Waals surface area contributed by atoms with Crippen molar-refractivity contribution in [1.29, 1.82) is 0 Å². The number of hydrogen-bond donors (Lipinski definition) is 1. The number of benzene rings is 1. The Kier molecular flexibility index (Phi) is 6.17. The first kappa shape index (κ1) is 23.6. The van der Waals surface area contributed by atoms with Crippen molar-refractivity contribution < 1.29 is 9.53 Å². The second-order valence-corrected chi connectivity index (χ2v) is 10.2. The van der Waals surface area contributed by atoms with Gasteiger partial charge in [-0.15, -0.1) is 0 Å². The fourth-order valence-corrected chi connectivity index (χ4v) is 5.13. The van der Waals surface area contributed by atoms with Crippen molar-refractivity contribution in [2.24, 2.45) is 17.8 Å². The minimum absolute atomic E-state index is 0.0602. The van der Waals surface area contributed by atoms with Crippen LogP contribution in [0.2, 0.25) is 5.02 Å². The van der Waals surface area contributed by atoms with E-state index in [1.165, 1.54) is 0 Å². The van der Waals surface area contributed by atoms with E-state index in [9.17, 15) is 9.59 Å². The topological polar surface area (TPSA) is 89.3 Å². The van der Waals surface area contributed by atoms with E-state index < -0.39 is 0 Å². The number of halogens is 1. The molecule has 8 nitrogen and oxygen atoms in total. The van der Waals surface area contributed by atoms with Crippen LogP contribution in [0, 0.1) is 17.8 Å². The van der Waals surface area contributed by atoms with Crippen molar-refractivity contribution in [2.75, 3.05) is 29.9 Å². The van der Waals surface area contributed by atoms with E-state index in [0.717, 1.165) is 47.4 Å². The molecule has 5 rings (SSSR count). The summed E-state index contributed by atoms with van der Waals surface area (Å²) in [6, 6.07) is 7.32. The van der Waals surface area contributed by atoms with Gasteiger partial charge in [0.2, 0.25) is 5.95 Å². The molecule has 1 saturated carbocycles. The van der Waals surface area contributed by atoms with E-state index in [1.54, 1.807) is 23.8 Å². The quantitative estimate of drug-likeness (QED) is 0.478. The molecule has 2 aliphatic rings. The van der Waals surface area contributed by atoms with Crippen molar-refractivity contribution in [1.82, 2.24) is 14.5 Å². The normalized spacial score (nSPS) is 20.9. The standard InChI is InChI=1S/C26H30ClN5O3/c1-5-18(33)13-35-23-9-16-8-17(6-7-22(16)32(14(2)3)25(23)34)29-24-21(27)10-28-26(30-24)31-11-19-15(4)20(19)12-31/h6-10,14-15,19-20H,5,11-13H2,1-4H3,(H,28,29,30). The van der Waals surface area contributed by atoms with Crippen LogP contribution in [0.4, 0.5) is 17.5 Å². The number of pyridine rings is 1. The van der Waals surface area contributed by atoms with Crippen LogP contribution in [0.1, 0.15) is 40.2 Å². The molecule has 35 heavy (non-hydrogen) atoms.